The molecule has 7 nitrogen and oxygen atoms in total. The highest BCUT2D eigenvalue weighted by Gasteiger charge is 2.32. The summed E-state index contributed by atoms with van der Waals surface area (Å²) < 4.78 is 26.3. The lowest BCUT2D eigenvalue weighted by molar-refractivity contribution is -0.141. The summed E-state index contributed by atoms with van der Waals surface area (Å²) in [6.07, 6.45) is 2.73. The molecule has 0 aliphatic carbocycles. The van der Waals surface area contributed by atoms with Crippen molar-refractivity contribution in [3.63, 3.8) is 0 Å². The third-order valence-corrected chi connectivity index (χ3v) is 4.29. The molecule has 1 aromatic heterocycles. The molecule has 0 spiro atoms. The molecule has 1 heterocycles. The summed E-state index contributed by atoms with van der Waals surface area (Å²) in [6.45, 7) is 1.62. The Balaban J connectivity index is 3.10. The molecule has 96 valence electrons. The molecule has 0 fully saturated rings. The van der Waals surface area contributed by atoms with Crippen LogP contribution in [0.1, 0.15) is 13.3 Å². The molecule has 0 saturated carbocycles. The van der Waals surface area contributed by atoms with Gasteiger partial charge in [0.15, 0.2) is 0 Å². The van der Waals surface area contributed by atoms with Crippen LogP contribution in [0.5, 0.6) is 0 Å². The number of aryl methyl sites for hydroxylation is 1. The third-order valence-electron chi connectivity index (χ3n) is 2.47. The van der Waals surface area contributed by atoms with Gasteiger partial charge in [0.2, 0.25) is 10.0 Å². The molecule has 0 bridgehead atoms. The molecular formula is C9H15N3O4S. The van der Waals surface area contributed by atoms with Crippen LogP contribution in [-0.2, 0) is 21.9 Å². The zero-order valence-electron chi connectivity index (χ0n) is 9.86. The Morgan fingerprint density at radius 1 is 1.65 bits per heavy atom. The Morgan fingerprint density at radius 3 is 2.59 bits per heavy atom. The van der Waals surface area contributed by atoms with Crippen LogP contribution in [-0.4, -0.2) is 46.7 Å². The van der Waals surface area contributed by atoms with Gasteiger partial charge in [-0.3, -0.25) is 9.48 Å². The lowest BCUT2D eigenvalue weighted by Crippen LogP contribution is -2.41. The van der Waals surface area contributed by atoms with E-state index in [-0.39, 0.29) is 11.3 Å². The minimum atomic E-state index is -3.81. The van der Waals surface area contributed by atoms with Crippen LogP contribution in [0.2, 0.25) is 0 Å². The van der Waals surface area contributed by atoms with Gasteiger partial charge in [-0.15, -0.1) is 0 Å². The summed E-state index contributed by atoms with van der Waals surface area (Å²) in [5.41, 5.74) is 0. The van der Waals surface area contributed by atoms with Crippen molar-refractivity contribution >= 4 is 16.0 Å². The molecule has 1 rings (SSSR count). The molecule has 8 heteroatoms. The number of aliphatic carboxylic acids is 1. The number of likely N-dealkylation sites (N-methyl/N-ethyl adjacent to an activating group) is 1. The average molecular weight is 261 g/mol. The number of rotatable bonds is 5. The summed E-state index contributed by atoms with van der Waals surface area (Å²) >= 11 is 0. The predicted molar refractivity (Wildman–Crippen MR) is 59.9 cm³/mol. The molecular weight excluding hydrogens is 246 g/mol. The number of sulfonamides is 1. The number of hydrogen-bond acceptors (Lipinski definition) is 4. The van der Waals surface area contributed by atoms with Crippen molar-refractivity contribution in [1.29, 1.82) is 0 Å². The van der Waals surface area contributed by atoms with E-state index in [1.807, 2.05) is 0 Å². The molecule has 0 saturated heterocycles. The van der Waals surface area contributed by atoms with E-state index in [2.05, 4.69) is 5.10 Å². The summed E-state index contributed by atoms with van der Waals surface area (Å²) in [7, 11) is -0.960. The van der Waals surface area contributed by atoms with E-state index in [1.54, 1.807) is 14.0 Å². The van der Waals surface area contributed by atoms with Crippen LogP contribution >= 0.6 is 0 Å². The van der Waals surface area contributed by atoms with Crippen LogP contribution in [0.3, 0.4) is 0 Å². The minimum absolute atomic E-state index is 0.0119. The first-order chi connectivity index (χ1) is 7.80. The second-order valence-corrected chi connectivity index (χ2v) is 5.63. The summed E-state index contributed by atoms with van der Waals surface area (Å²) in [4.78, 5) is 10.9. The van der Waals surface area contributed by atoms with Crippen molar-refractivity contribution in [2.24, 2.45) is 7.05 Å². The number of nitrogens with zero attached hydrogens (tertiary/aromatic N) is 3. The van der Waals surface area contributed by atoms with Gasteiger partial charge in [-0.2, -0.15) is 9.40 Å². The maximum absolute atomic E-state index is 12.1. The van der Waals surface area contributed by atoms with Crippen molar-refractivity contribution in [3.8, 4) is 0 Å². The Morgan fingerprint density at radius 2 is 2.24 bits per heavy atom. The van der Waals surface area contributed by atoms with Gasteiger partial charge in [0.25, 0.3) is 0 Å². The van der Waals surface area contributed by atoms with Crippen molar-refractivity contribution < 1.29 is 18.3 Å². The number of carboxylic acids is 1. The number of hydrogen-bond donors (Lipinski definition) is 1. The summed E-state index contributed by atoms with van der Waals surface area (Å²) in [5.74, 6) is -1.16. The van der Waals surface area contributed by atoms with Crippen molar-refractivity contribution in [2.45, 2.75) is 24.3 Å². The van der Waals surface area contributed by atoms with Gasteiger partial charge in [-0.1, -0.05) is 6.92 Å². The Hall–Kier alpha value is -1.41. The predicted octanol–water partition coefficient (Wildman–Crippen LogP) is -0.0962. The topological polar surface area (TPSA) is 92.5 Å². The maximum atomic E-state index is 12.1. The molecule has 1 atom stereocenters. The van der Waals surface area contributed by atoms with Crippen molar-refractivity contribution in [1.82, 2.24) is 14.1 Å². The minimum Gasteiger partial charge on any atom is -0.480 e. The zero-order valence-corrected chi connectivity index (χ0v) is 10.7. The van der Waals surface area contributed by atoms with Gasteiger partial charge < -0.3 is 5.11 Å². The van der Waals surface area contributed by atoms with E-state index in [0.717, 1.165) is 4.31 Å². The lowest BCUT2D eigenvalue weighted by Gasteiger charge is -2.22. The van der Waals surface area contributed by atoms with Crippen molar-refractivity contribution in [2.75, 3.05) is 7.05 Å². The molecule has 0 aliphatic heterocycles. The quantitative estimate of drug-likeness (QED) is 0.799. The summed E-state index contributed by atoms with van der Waals surface area (Å²) in [6, 6.07) is -1.07. The molecule has 1 aromatic rings. The van der Waals surface area contributed by atoms with Crippen LogP contribution < -0.4 is 0 Å². The molecule has 0 radical (unpaired) electrons. The third kappa shape index (κ3) is 2.64. The smallest absolute Gasteiger partial charge is 0.321 e. The molecule has 0 aliphatic rings. The van der Waals surface area contributed by atoms with E-state index in [4.69, 9.17) is 5.11 Å². The summed E-state index contributed by atoms with van der Waals surface area (Å²) in [5, 5.41) is 12.7. The van der Waals surface area contributed by atoms with Crippen LogP contribution in [0.25, 0.3) is 0 Å². The molecule has 1 N–H and O–H groups in total. The van der Waals surface area contributed by atoms with E-state index in [9.17, 15) is 13.2 Å². The van der Waals surface area contributed by atoms with Crippen molar-refractivity contribution in [3.05, 3.63) is 12.4 Å². The second-order valence-electron chi connectivity index (χ2n) is 3.63. The standard InChI is InChI=1S/C9H15N3O4S/c1-4-8(9(13)14)12(3)17(15,16)7-5-10-11(2)6-7/h5-6,8H,4H2,1-3H3,(H,13,14). The van der Waals surface area contributed by atoms with Crippen LogP contribution in [0.15, 0.2) is 17.3 Å². The van der Waals surface area contributed by atoms with E-state index in [1.165, 1.54) is 24.1 Å². The van der Waals surface area contributed by atoms with Crippen LogP contribution in [0.4, 0.5) is 0 Å². The average Bonchev–Trinajstić information content (AvgIpc) is 2.65. The normalized spacial score (nSPS) is 13.9. The van der Waals surface area contributed by atoms with E-state index >= 15 is 0 Å². The molecule has 0 amide bonds. The Kier molecular flexibility index (Phi) is 3.89. The van der Waals surface area contributed by atoms with Gasteiger partial charge >= 0.3 is 5.97 Å². The van der Waals surface area contributed by atoms with E-state index < -0.39 is 22.0 Å². The van der Waals surface area contributed by atoms with Crippen LogP contribution in [0, 0.1) is 0 Å². The number of carboxylic acid groups (broad SMARTS) is 1. The maximum Gasteiger partial charge on any atom is 0.321 e. The molecule has 1 unspecified atom stereocenters. The number of aromatic nitrogens is 2. The first-order valence-corrected chi connectivity index (χ1v) is 6.44. The highest BCUT2D eigenvalue weighted by atomic mass is 32.2. The zero-order chi connectivity index (χ0) is 13.2. The highest BCUT2D eigenvalue weighted by Crippen LogP contribution is 2.17. The Bertz CT molecular complexity index is 508. The Labute approximate surface area is 99.7 Å². The van der Waals surface area contributed by atoms with Gasteiger partial charge in [0.05, 0.1) is 6.20 Å². The monoisotopic (exact) mass is 261 g/mol. The molecule has 17 heavy (non-hydrogen) atoms. The fraction of sp³-hybridized carbons (Fsp3) is 0.556. The second kappa shape index (κ2) is 4.84. The van der Waals surface area contributed by atoms with Gasteiger partial charge in [0.1, 0.15) is 10.9 Å². The van der Waals surface area contributed by atoms with Gasteiger partial charge in [-0.25, -0.2) is 8.42 Å². The largest absolute Gasteiger partial charge is 0.480 e. The fourth-order valence-electron chi connectivity index (χ4n) is 1.45. The first kappa shape index (κ1) is 13.7. The lowest BCUT2D eigenvalue weighted by atomic mass is 10.2. The fourth-order valence-corrected chi connectivity index (χ4v) is 2.83. The van der Waals surface area contributed by atoms with E-state index in [0.29, 0.717) is 0 Å². The molecule has 0 aromatic carbocycles. The SMILES string of the molecule is CCC(C(=O)O)N(C)S(=O)(=O)c1cnn(C)c1. The first-order valence-electron chi connectivity index (χ1n) is 5.00. The highest BCUT2D eigenvalue weighted by molar-refractivity contribution is 7.89. The number of carbonyl (C=O) groups is 1. The van der Waals surface area contributed by atoms with Gasteiger partial charge in [0, 0.05) is 20.3 Å². The van der Waals surface area contributed by atoms with Gasteiger partial charge in [-0.05, 0) is 6.42 Å².